The van der Waals surface area contributed by atoms with Crippen LogP contribution in [0, 0.1) is 16.7 Å². The first-order chi connectivity index (χ1) is 10.2. The fraction of sp³-hybridized carbons (Fsp3) is 0.632. The maximum absolute atomic E-state index is 9.60. The lowest BCUT2D eigenvalue weighted by atomic mass is 9.67. The van der Waals surface area contributed by atoms with Crippen molar-refractivity contribution in [3.63, 3.8) is 0 Å². The number of hydrogen-bond acceptors (Lipinski definition) is 2. The molecule has 0 N–H and O–H groups in total. The van der Waals surface area contributed by atoms with E-state index in [1.165, 1.54) is 24.8 Å². The number of hydrogen-bond donors (Lipinski definition) is 0. The highest BCUT2D eigenvalue weighted by molar-refractivity contribution is 5.30. The molecule has 2 heteroatoms. The second-order valence-corrected chi connectivity index (χ2v) is 6.40. The number of rotatable bonds is 6. The minimum absolute atomic E-state index is 0.0435. The van der Waals surface area contributed by atoms with Crippen LogP contribution in [-0.2, 0) is 0 Å². The molecule has 114 valence electrons. The third kappa shape index (κ3) is 4.00. The summed E-state index contributed by atoms with van der Waals surface area (Å²) < 4.78 is 5.22. The SMILES string of the molecule is CCCCC[C@]1(C#N)CC[C@H](c2ccc(OC)cc2)CC1. The molecule has 1 aliphatic carbocycles. The van der Waals surface area contributed by atoms with Crippen LogP contribution in [0.25, 0.3) is 0 Å². The van der Waals surface area contributed by atoms with Crippen molar-refractivity contribution in [2.24, 2.45) is 5.41 Å². The first-order valence-corrected chi connectivity index (χ1v) is 8.28. The van der Waals surface area contributed by atoms with Crippen LogP contribution in [-0.4, -0.2) is 7.11 Å². The van der Waals surface area contributed by atoms with Crippen LogP contribution in [0.4, 0.5) is 0 Å². The van der Waals surface area contributed by atoms with Crippen molar-refractivity contribution in [1.29, 1.82) is 5.26 Å². The van der Waals surface area contributed by atoms with Crippen molar-refractivity contribution in [1.82, 2.24) is 0 Å². The molecule has 0 heterocycles. The van der Waals surface area contributed by atoms with Crippen molar-refractivity contribution in [3.05, 3.63) is 29.8 Å². The summed E-state index contributed by atoms with van der Waals surface area (Å²) in [7, 11) is 1.70. The van der Waals surface area contributed by atoms with E-state index in [4.69, 9.17) is 4.74 Å². The highest BCUT2D eigenvalue weighted by atomic mass is 16.5. The predicted octanol–water partition coefficient (Wildman–Crippen LogP) is 5.44. The minimum atomic E-state index is -0.0435. The smallest absolute Gasteiger partial charge is 0.118 e. The molecule has 1 saturated carbocycles. The first kappa shape index (κ1) is 15.9. The molecule has 1 aliphatic rings. The summed E-state index contributed by atoms with van der Waals surface area (Å²) in [6.45, 7) is 2.22. The number of methoxy groups -OCH3 is 1. The Labute approximate surface area is 129 Å². The molecule has 0 amide bonds. The lowest BCUT2D eigenvalue weighted by molar-refractivity contribution is 0.223. The zero-order valence-corrected chi connectivity index (χ0v) is 13.4. The molecule has 0 aromatic heterocycles. The van der Waals surface area contributed by atoms with E-state index < -0.39 is 0 Å². The van der Waals surface area contributed by atoms with Crippen LogP contribution < -0.4 is 4.74 Å². The van der Waals surface area contributed by atoms with Gasteiger partial charge in [-0.2, -0.15) is 5.26 Å². The Kier molecular flexibility index (Phi) is 5.67. The summed E-state index contributed by atoms with van der Waals surface area (Å²) in [5.74, 6) is 1.53. The lowest BCUT2D eigenvalue weighted by Gasteiger charge is -2.35. The zero-order chi connectivity index (χ0) is 15.1. The van der Waals surface area contributed by atoms with E-state index in [0.29, 0.717) is 5.92 Å². The lowest BCUT2D eigenvalue weighted by Crippen LogP contribution is -2.25. The molecule has 1 fully saturated rings. The fourth-order valence-electron chi connectivity index (χ4n) is 3.51. The first-order valence-electron chi connectivity index (χ1n) is 8.28. The van der Waals surface area contributed by atoms with Crippen LogP contribution in [0.1, 0.15) is 69.8 Å². The van der Waals surface area contributed by atoms with Gasteiger partial charge in [0.25, 0.3) is 0 Å². The van der Waals surface area contributed by atoms with Gasteiger partial charge >= 0.3 is 0 Å². The van der Waals surface area contributed by atoms with E-state index in [1.54, 1.807) is 7.11 Å². The van der Waals surface area contributed by atoms with Gasteiger partial charge in [0.05, 0.1) is 18.6 Å². The summed E-state index contributed by atoms with van der Waals surface area (Å²) in [5, 5.41) is 9.60. The molecule has 1 aromatic carbocycles. The van der Waals surface area contributed by atoms with Crippen molar-refractivity contribution in [3.8, 4) is 11.8 Å². The van der Waals surface area contributed by atoms with Crippen LogP contribution in [0.2, 0.25) is 0 Å². The highest BCUT2D eigenvalue weighted by Gasteiger charge is 2.35. The van der Waals surface area contributed by atoms with Crippen molar-refractivity contribution >= 4 is 0 Å². The molecule has 1 aromatic rings. The monoisotopic (exact) mass is 285 g/mol. The molecule has 0 unspecified atom stereocenters. The Balaban J connectivity index is 1.93. The topological polar surface area (TPSA) is 33.0 Å². The van der Waals surface area contributed by atoms with E-state index >= 15 is 0 Å². The fourth-order valence-corrected chi connectivity index (χ4v) is 3.51. The Morgan fingerprint density at radius 3 is 2.38 bits per heavy atom. The molecule has 2 rings (SSSR count). The van der Waals surface area contributed by atoms with Gasteiger partial charge in [0.15, 0.2) is 0 Å². The Morgan fingerprint density at radius 1 is 1.19 bits per heavy atom. The molecule has 0 bridgehead atoms. The van der Waals surface area contributed by atoms with Crippen molar-refractivity contribution < 1.29 is 4.74 Å². The second-order valence-electron chi connectivity index (χ2n) is 6.40. The van der Waals surface area contributed by atoms with Gasteiger partial charge in [-0.3, -0.25) is 0 Å². The summed E-state index contributed by atoms with van der Waals surface area (Å²) in [4.78, 5) is 0. The number of unbranched alkanes of at least 4 members (excludes halogenated alkanes) is 2. The van der Waals surface area contributed by atoms with Crippen LogP contribution >= 0.6 is 0 Å². The third-order valence-electron chi connectivity index (χ3n) is 5.03. The molecule has 2 nitrogen and oxygen atoms in total. The molecule has 0 atom stereocenters. The molecule has 21 heavy (non-hydrogen) atoms. The Morgan fingerprint density at radius 2 is 1.86 bits per heavy atom. The normalized spacial score (nSPS) is 25.3. The Bertz CT molecular complexity index is 463. The van der Waals surface area contributed by atoms with Gasteiger partial charge in [0.1, 0.15) is 5.75 Å². The molecular formula is C19H27NO. The molecular weight excluding hydrogens is 258 g/mol. The van der Waals surface area contributed by atoms with Gasteiger partial charge in [-0.05, 0) is 55.7 Å². The van der Waals surface area contributed by atoms with Gasteiger partial charge in [0.2, 0.25) is 0 Å². The van der Waals surface area contributed by atoms with Crippen molar-refractivity contribution in [2.45, 2.75) is 64.2 Å². The largest absolute Gasteiger partial charge is 0.497 e. The van der Waals surface area contributed by atoms with Crippen LogP contribution in [0.15, 0.2) is 24.3 Å². The summed E-state index contributed by atoms with van der Waals surface area (Å²) in [6.07, 6.45) is 9.19. The van der Waals surface area contributed by atoms with Gasteiger partial charge in [-0.15, -0.1) is 0 Å². The summed E-state index contributed by atoms with van der Waals surface area (Å²) in [5.41, 5.74) is 1.36. The highest BCUT2D eigenvalue weighted by Crippen LogP contribution is 2.45. The van der Waals surface area contributed by atoms with E-state index in [2.05, 4.69) is 25.1 Å². The van der Waals surface area contributed by atoms with Crippen LogP contribution in [0.5, 0.6) is 5.75 Å². The van der Waals surface area contributed by atoms with Gasteiger partial charge in [-0.1, -0.05) is 38.3 Å². The summed E-state index contributed by atoms with van der Waals surface area (Å²) >= 11 is 0. The van der Waals surface area contributed by atoms with E-state index in [0.717, 1.165) is 37.9 Å². The van der Waals surface area contributed by atoms with Gasteiger partial charge in [0, 0.05) is 0 Å². The van der Waals surface area contributed by atoms with Crippen molar-refractivity contribution in [2.75, 3.05) is 7.11 Å². The average Bonchev–Trinajstić information content (AvgIpc) is 2.56. The molecule has 0 spiro atoms. The number of nitriles is 1. The average molecular weight is 285 g/mol. The van der Waals surface area contributed by atoms with Gasteiger partial charge in [-0.25, -0.2) is 0 Å². The second kappa shape index (κ2) is 7.50. The number of benzene rings is 1. The van der Waals surface area contributed by atoms with E-state index in [1.807, 2.05) is 12.1 Å². The number of ether oxygens (including phenoxy) is 1. The minimum Gasteiger partial charge on any atom is -0.497 e. The third-order valence-corrected chi connectivity index (χ3v) is 5.03. The maximum Gasteiger partial charge on any atom is 0.118 e. The quantitative estimate of drug-likeness (QED) is 0.652. The van der Waals surface area contributed by atoms with Crippen LogP contribution in [0.3, 0.4) is 0 Å². The summed E-state index contributed by atoms with van der Waals surface area (Å²) in [6, 6.07) is 11.1. The van der Waals surface area contributed by atoms with E-state index in [-0.39, 0.29) is 5.41 Å². The Hall–Kier alpha value is -1.49. The zero-order valence-electron chi connectivity index (χ0n) is 13.4. The molecule has 0 aliphatic heterocycles. The predicted molar refractivity (Wildman–Crippen MR) is 86.4 cm³/mol. The molecule has 0 saturated heterocycles. The standard InChI is InChI=1S/C19H27NO/c1-3-4-5-12-19(15-20)13-10-17(11-14-19)16-6-8-18(21-2)9-7-16/h6-9,17H,3-5,10-14H2,1-2H3/t17-,19-. The number of nitrogens with zero attached hydrogens (tertiary/aromatic N) is 1. The van der Waals surface area contributed by atoms with Gasteiger partial charge < -0.3 is 4.74 Å². The maximum atomic E-state index is 9.60. The van der Waals surface area contributed by atoms with E-state index in [9.17, 15) is 5.26 Å². The molecule has 0 radical (unpaired) electrons.